The third-order valence-corrected chi connectivity index (χ3v) is 3.03. The lowest BCUT2D eigenvalue weighted by molar-refractivity contribution is 0.445. The summed E-state index contributed by atoms with van der Waals surface area (Å²) in [6, 6.07) is 4.06. The lowest BCUT2D eigenvalue weighted by Crippen LogP contribution is -2.12. The van der Waals surface area contributed by atoms with Crippen LogP contribution in [0.25, 0.3) is 12.2 Å². The SMILES string of the molecule is C=Cc1c(C=CC(C)(C)C)ccc(C(C)(C)C)c1O. The van der Waals surface area contributed by atoms with Crippen LogP contribution in [0.15, 0.2) is 24.8 Å². The van der Waals surface area contributed by atoms with Crippen LogP contribution in [0.1, 0.15) is 58.2 Å². The summed E-state index contributed by atoms with van der Waals surface area (Å²) in [5, 5.41) is 10.4. The van der Waals surface area contributed by atoms with Gasteiger partial charge in [0.2, 0.25) is 0 Å². The van der Waals surface area contributed by atoms with Gasteiger partial charge in [-0.15, -0.1) is 0 Å². The first-order valence-corrected chi connectivity index (χ1v) is 6.74. The molecule has 0 aliphatic heterocycles. The minimum Gasteiger partial charge on any atom is -0.507 e. The molecule has 0 radical (unpaired) electrons. The Hall–Kier alpha value is -1.50. The Morgan fingerprint density at radius 1 is 1.05 bits per heavy atom. The predicted octanol–water partition coefficient (Wildman–Crippen LogP) is 5.39. The van der Waals surface area contributed by atoms with E-state index in [9.17, 15) is 5.11 Å². The van der Waals surface area contributed by atoms with Gasteiger partial charge in [-0.25, -0.2) is 0 Å². The van der Waals surface area contributed by atoms with Gasteiger partial charge in [-0.2, -0.15) is 0 Å². The molecule has 0 bridgehead atoms. The highest BCUT2D eigenvalue weighted by molar-refractivity contribution is 5.71. The summed E-state index contributed by atoms with van der Waals surface area (Å²) < 4.78 is 0. The summed E-state index contributed by atoms with van der Waals surface area (Å²) in [4.78, 5) is 0. The van der Waals surface area contributed by atoms with Gasteiger partial charge in [-0.3, -0.25) is 0 Å². The molecular formula is C18H26O. The van der Waals surface area contributed by atoms with Crippen molar-refractivity contribution in [3.8, 4) is 5.75 Å². The molecule has 1 aromatic rings. The maximum absolute atomic E-state index is 10.4. The number of aromatic hydroxyl groups is 1. The average molecular weight is 258 g/mol. The fraction of sp³-hybridized carbons (Fsp3) is 0.444. The van der Waals surface area contributed by atoms with Gasteiger partial charge in [0, 0.05) is 5.56 Å². The lowest BCUT2D eigenvalue weighted by atomic mass is 9.83. The number of hydrogen-bond donors (Lipinski definition) is 1. The van der Waals surface area contributed by atoms with Gasteiger partial charge in [-0.1, -0.05) is 78.5 Å². The Labute approximate surface area is 117 Å². The van der Waals surface area contributed by atoms with Gasteiger partial charge < -0.3 is 5.11 Å². The number of hydrogen-bond acceptors (Lipinski definition) is 1. The highest BCUT2D eigenvalue weighted by atomic mass is 16.3. The maximum atomic E-state index is 10.4. The zero-order chi connectivity index (χ0) is 14.8. The van der Waals surface area contributed by atoms with E-state index in [0.29, 0.717) is 5.75 Å². The molecule has 0 aliphatic rings. The molecule has 0 atom stereocenters. The molecule has 0 heterocycles. The van der Waals surface area contributed by atoms with E-state index < -0.39 is 0 Å². The van der Waals surface area contributed by atoms with Crippen LogP contribution < -0.4 is 0 Å². The summed E-state index contributed by atoms with van der Waals surface area (Å²) >= 11 is 0. The third kappa shape index (κ3) is 3.99. The maximum Gasteiger partial charge on any atom is 0.127 e. The molecule has 1 N–H and O–H groups in total. The number of phenolic OH excluding ortho intramolecular Hbond substituents is 1. The molecule has 0 aromatic heterocycles. The van der Waals surface area contributed by atoms with Crippen molar-refractivity contribution in [2.24, 2.45) is 5.41 Å². The van der Waals surface area contributed by atoms with Crippen LogP contribution in [-0.2, 0) is 5.41 Å². The normalized spacial score (nSPS) is 12.9. The second kappa shape index (κ2) is 5.24. The van der Waals surface area contributed by atoms with Crippen molar-refractivity contribution >= 4 is 12.2 Å². The number of allylic oxidation sites excluding steroid dienone is 1. The number of phenols is 1. The van der Waals surface area contributed by atoms with Gasteiger partial charge in [0.15, 0.2) is 0 Å². The predicted molar refractivity (Wildman–Crippen MR) is 85.4 cm³/mol. The van der Waals surface area contributed by atoms with Gasteiger partial charge >= 0.3 is 0 Å². The molecule has 0 fully saturated rings. The van der Waals surface area contributed by atoms with E-state index in [1.165, 1.54) is 0 Å². The molecule has 0 spiro atoms. The summed E-state index contributed by atoms with van der Waals surface area (Å²) in [7, 11) is 0. The van der Waals surface area contributed by atoms with Crippen molar-refractivity contribution in [2.75, 3.05) is 0 Å². The van der Waals surface area contributed by atoms with Gasteiger partial charge in [0.05, 0.1) is 0 Å². The molecule has 1 rings (SSSR count). The Morgan fingerprint density at radius 2 is 1.63 bits per heavy atom. The monoisotopic (exact) mass is 258 g/mol. The topological polar surface area (TPSA) is 20.2 Å². The first kappa shape index (κ1) is 15.6. The molecule has 1 heteroatoms. The summed E-state index contributed by atoms with van der Waals surface area (Å²) in [6.07, 6.45) is 5.93. The Kier molecular flexibility index (Phi) is 4.29. The van der Waals surface area contributed by atoms with Crippen molar-refractivity contribution in [2.45, 2.75) is 47.0 Å². The average Bonchev–Trinajstić information content (AvgIpc) is 2.23. The van der Waals surface area contributed by atoms with E-state index in [2.05, 4.69) is 66.3 Å². The summed E-state index contributed by atoms with van der Waals surface area (Å²) in [5.41, 5.74) is 2.82. The Morgan fingerprint density at radius 3 is 2.05 bits per heavy atom. The van der Waals surface area contributed by atoms with Crippen molar-refractivity contribution in [1.29, 1.82) is 0 Å². The Bertz CT molecular complexity index is 494. The summed E-state index contributed by atoms with van der Waals surface area (Å²) in [6.45, 7) is 16.6. The van der Waals surface area contributed by atoms with E-state index >= 15 is 0 Å². The van der Waals surface area contributed by atoms with Crippen LogP contribution >= 0.6 is 0 Å². The lowest BCUT2D eigenvalue weighted by Gasteiger charge is -2.22. The second-order valence-corrected chi connectivity index (χ2v) is 7.12. The number of rotatable bonds is 2. The van der Waals surface area contributed by atoms with E-state index in [1.807, 2.05) is 6.07 Å². The van der Waals surface area contributed by atoms with Crippen molar-refractivity contribution in [3.05, 3.63) is 41.5 Å². The minimum absolute atomic E-state index is 0.0753. The van der Waals surface area contributed by atoms with Crippen LogP contribution in [0.2, 0.25) is 0 Å². The van der Waals surface area contributed by atoms with Crippen molar-refractivity contribution < 1.29 is 5.11 Å². The molecule has 0 saturated carbocycles. The fourth-order valence-electron chi connectivity index (χ4n) is 1.93. The van der Waals surface area contributed by atoms with Crippen molar-refractivity contribution in [3.63, 3.8) is 0 Å². The van der Waals surface area contributed by atoms with Crippen molar-refractivity contribution in [1.82, 2.24) is 0 Å². The minimum atomic E-state index is -0.0753. The van der Waals surface area contributed by atoms with Crippen LogP contribution in [0.5, 0.6) is 5.75 Å². The highest BCUT2D eigenvalue weighted by Crippen LogP contribution is 2.36. The zero-order valence-corrected chi connectivity index (χ0v) is 13.0. The smallest absolute Gasteiger partial charge is 0.127 e. The van der Waals surface area contributed by atoms with Gasteiger partial charge in [0.1, 0.15) is 5.75 Å². The van der Waals surface area contributed by atoms with E-state index in [0.717, 1.165) is 16.7 Å². The first-order chi connectivity index (χ1) is 8.56. The largest absolute Gasteiger partial charge is 0.507 e. The van der Waals surface area contributed by atoms with E-state index in [4.69, 9.17) is 0 Å². The van der Waals surface area contributed by atoms with Crippen LogP contribution in [0.4, 0.5) is 0 Å². The molecule has 19 heavy (non-hydrogen) atoms. The quantitative estimate of drug-likeness (QED) is 0.753. The summed E-state index contributed by atoms with van der Waals surface area (Å²) in [5.74, 6) is 0.346. The molecule has 1 nitrogen and oxygen atoms in total. The molecule has 104 valence electrons. The first-order valence-electron chi connectivity index (χ1n) is 6.74. The molecule has 0 amide bonds. The molecule has 0 aliphatic carbocycles. The Balaban J connectivity index is 3.35. The standard InChI is InChI=1S/C18H26O/c1-8-14-13(11-12-17(2,3)4)9-10-15(16(14)19)18(5,6)7/h8-12,19H,1H2,2-7H3. The third-order valence-electron chi connectivity index (χ3n) is 3.03. The highest BCUT2D eigenvalue weighted by Gasteiger charge is 2.20. The fourth-order valence-corrected chi connectivity index (χ4v) is 1.93. The van der Waals surface area contributed by atoms with Crippen LogP contribution in [0.3, 0.4) is 0 Å². The zero-order valence-electron chi connectivity index (χ0n) is 13.0. The van der Waals surface area contributed by atoms with E-state index in [1.54, 1.807) is 6.08 Å². The molecule has 1 aromatic carbocycles. The van der Waals surface area contributed by atoms with Crippen LogP contribution in [-0.4, -0.2) is 5.11 Å². The second-order valence-electron chi connectivity index (χ2n) is 7.12. The molecule has 0 saturated heterocycles. The van der Waals surface area contributed by atoms with Gasteiger partial charge in [-0.05, 0) is 22.0 Å². The molecule has 0 unspecified atom stereocenters. The van der Waals surface area contributed by atoms with Gasteiger partial charge in [0.25, 0.3) is 0 Å². The van der Waals surface area contributed by atoms with E-state index in [-0.39, 0.29) is 10.8 Å². The van der Waals surface area contributed by atoms with Crippen LogP contribution in [0, 0.1) is 5.41 Å². The number of benzene rings is 1. The molecular weight excluding hydrogens is 232 g/mol.